The Kier molecular flexibility index (Phi) is 5.39. The van der Waals surface area contributed by atoms with Crippen molar-refractivity contribution in [3.8, 4) is 5.75 Å². The largest absolute Gasteiger partial charge is 0.497 e. The van der Waals surface area contributed by atoms with E-state index in [2.05, 4.69) is 17.2 Å². The van der Waals surface area contributed by atoms with Gasteiger partial charge in [-0.25, -0.2) is 0 Å². The van der Waals surface area contributed by atoms with Gasteiger partial charge in [0.05, 0.1) is 13.7 Å². The smallest absolute Gasteiger partial charge is 0.309 e. The number of amides is 2. The molecule has 1 aromatic carbocycles. The molecule has 23 heavy (non-hydrogen) atoms. The topological polar surface area (TPSA) is 87.7 Å². The van der Waals surface area contributed by atoms with Gasteiger partial charge in [-0.2, -0.15) is 0 Å². The number of carbonyl (C=O) groups excluding carboxylic acids is 2. The van der Waals surface area contributed by atoms with Crippen molar-refractivity contribution in [2.45, 2.75) is 24.9 Å². The van der Waals surface area contributed by atoms with Crippen molar-refractivity contribution in [3.63, 3.8) is 0 Å². The van der Waals surface area contributed by atoms with Crippen LogP contribution in [0.1, 0.15) is 24.0 Å². The lowest BCUT2D eigenvalue weighted by atomic mass is 9.79. The van der Waals surface area contributed by atoms with Gasteiger partial charge >= 0.3 is 11.8 Å². The summed E-state index contributed by atoms with van der Waals surface area (Å²) >= 11 is 0. The first kappa shape index (κ1) is 17.0. The van der Waals surface area contributed by atoms with Crippen LogP contribution in [-0.4, -0.2) is 37.1 Å². The predicted octanol–water partition coefficient (Wildman–Crippen LogP) is 0.637. The van der Waals surface area contributed by atoms with Crippen LogP contribution in [-0.2, 0) is 21.6 Å². The van der Waals surface area contributed by atoms with Crippen molar-refractivity contribution in [2.24, 2.45) is 0 Å². The molecule has 0 spiro atoms. The minimum absolute atomic E-state index is 0.00727. The van der Waals surface area contributed by atoms with Crippen LogP contribution in [0, 0.1) is 0 Å². The van der Waals surface area contributed by atoms with Crippen LogP contribution in [0.2, 0.25) is 0 Å². The fourth-order valence-electron chi connectivity index (χ4n) is 2.80. The van der Waals surface area contributed by atoms with Crippen molar-refractivity contribution in [1.82, 2.24) is 10.6 Å². The van der Waals surface area contributed by atoms with E-state index in [9.17, 15) is 14.7 Å². The molecule has 1 unspecified atom stereocenters. The number of nitrogens with one attached hydrogen (secondary N) is 2. The highest BCUT2D eigenvalue weighted by Crippen LogP contribution is 2.36. The molecule has 0 radical (unpaired) electrons. The molecule has 1 aliphatic rings. The van der Waals surface area contributed by atoms with Crippen molar-refractivity contribution in [2.75, 3.05) is 20.2 Å². The first-order valence-corrected chi connectivity index (χ1v) is 7.57. The van der Waals surface area contributed by atoms with Crippen LogP contribution in [0.25, 0.3) is 0 Å². The number of aryl methyl sites for hydroxylation is 1. The highest BCUT2D eigenvalue weighted by atomic mass is 16.5. The van der Waals surface area contributed by atoms with Gasteiger partial charge < -0.3 is 20.5 Å². The molecule has 0 bridgehead atoms. The fraction of sp³-hybridized carbons (Fsp3) is 0.412. The minimum atomic E-state index is -1.17. The number of benzene rings is 1. The van der Waals surface area contributed by atoms with Crippen molar-refractivity contribution in [1.29, 1.82) is 0 Å². The van der Waals surface area contributed by atoms with Crippen molar-refractivity contribution >= 4 is 11.8 Å². The van der Waals surface area contributed by atoms with E-state index >= 15 is 0 Å². The fourth-order valence-corrected chi connectivity index (χ4v) is 2.80. The van der Waals surface area contributed by atoms with Gasteiger partial charge in [0.2, 0.25) is 0 Å². The van der Waals surface area contributed by atoms with E-state index in [0.29, 0.717) is 6.42 Å². The minimum Gasteiger partial charge on any atom is -0.497 e. The summed E-state index contributed by atoms with van der Waals surface area (Å²) in [5, 5.41) is 15.8. The normalized spacial score (nSPS) is 19.4. The third-order valence-electron chi connectivity index (χ3n) is 4.00. The van der Waals surface area contributed by atoms with E-state index < -0.39 is 17.4 Å². The van der Waals surface area contributed by atoms with Gasteiger partial charge in [0.25, 0.3) is 0 Å². The van der Waals surface area contributed by atoms with E-state index in [1.54, 1.807) is 13.2 Å². The summed E-state index contributed by atoms with van der Waals surface area (Å²) in [6.07, 6.45) is 3.67. The number of ether oxygens (including phenoxy) is 1. The second-order valence-corrected chi connectivity index (χ2v) is 5.59. The summed E-state index contributed by atoms with van der Waals surface area (Å²) in [6, 6.07) is 5.50. The van der Waals surface area contributed by atoms with Crippen LogP contribution in [0.15, 0.2) is 30.9 Å². The molecule has 2 rings (SSSR count). The van der Waals surface area contributed by atoms with Crippen LogP contribution in [0.5, 0.6) is 5.75 Å². The van der Waals surface area contributed by atoms with E-state index in [-0.39, 0.29) is 13.1 Å². The maximum Gasteiger partial charge on any atom is 0.309 e. The number of fused-ring (bicyclic) bond motifs is 1. The Balaban J connectivity index is 2.07. The van der Waals surface area contributed by atoms with Gasteiger partial charge in [-0.05, 0) is 42.5 Å². The number of hydrogen-bond donors (Lipinski definition) is 3. The lowest BCUT2D eigenvalue weighted by Gasteiger charge is -2.34. The van der Waals surface area contributed by atoms with Crippen LogP contribution >= 0.6 is 0 Å². The third kappa shape index (κ3) is 3.90. The molecule has 3 N–H and O–H groups in total. The SMILES string of the molecule is C=CCNC(=O)C(=O)NCC1(O)CCCc2cc(OC)ccc21. The average molecular weight is 318 g/mol. The summed E-state index contributed by atoms with van der Waals surface area (Å²) < 4.78 is 5.20. The Morgan fingerprint density at radius 1 is 1.39 bits per heavy atom. The highest BCUT2D eigenvalue weighted by molar-refractivity contribution is 6.35. The lowest BCUT2D eigenvalue weighted by molar-refractivity contribution is -0.139. The zero-order valence-corrected chi connectivity index (χ0v) is 13.2. The molecule has 124 valence electrons. The number of rotatable bonds is 5. The van der Waals surface area contributed by atoms with E-state index in [1.165, 1.54) is 6.08 Å². The first-order chi connectivity index (χ1) is 11.0. The number of carbonyl (C=O) groups is 2. The van der Waals surface area contributed by atoms with Crippen LogP contribution < -0.4 is 15.4 Å². The molecule has 1 aromatic rings. The maximum atomic E-state index is 11.8. The zero-order chi connectivity index (χ0) is 16.9. The van der Waals surface area contributed by atoms with Gasteiger partial charge in [0.1, 0.15) is 11.4 Å². The summed E-state index contributed by atoms with van der Waals surface area (Å²) in [7, 11) is 1.60. The summed E-state index contributed by atoms with van der Waals surface area (Å²) in [6.45, 7) is 3.68. The van der Waals surface area contributed by atoms with Crippen LogP contribution in [0.3, 0.4) is 0 Å². The zero-order valence-electron chi connectivity index (χ0n) is 13.2. The molecule has 0 fully saturated rings. The molecule has 1 aliphatic carbocycles. The van der Waals surface area contributed by atoms with Gasteiger partial charge in [0.15, 0.2) is 0 Å². The Labute approximate surface area is 135 Å². The summed E-state index contributed by atoms with van der Waals surface area (Å²) in [4.78, 5) is 23.3. The highest BCUT2D eigenvalue weighted by Gasteiger charge is 2.35. The van der Waals surface area contributed by atoms with Gasteiger partial charge in [0, 0.05) is 6.54 Å². The quantitative estimate of drug-likeness (QED) is 0.549. The molecule has 6 heteroatoms. The summed E-state index contributed by atoms with van der Waals surface area (Å²) in [5.74, 6) is -0.763. The molecule has 0 aliphatic heterocycles. The molecular weight excluding hydrogens is 296 g/mol. The Morgan fingerprint density at radius 3 is 2.83 bits per heavy atom. The molecule has 0 saturated heterocycles. The molecule has 6 nitrogen and oxygen atoms in total. The lowest BCUT2D eigenvalue weighted by Crippen LogP contribution is -2.47. The predicted molar refractivity (Wildman–Crippen MR) is 86.0 cm³/mol. The Bertz CT molecular complexity index is 615. The maximum absolute atomic E-state index is 11.8. The second-order valence-electron chi connectivity index (χ2n) is 5.59. The standard InChI is InChI=1S/C17H22N2O4/c1-3-9-18-15(20)16(21)19-11-17(22)8-4-5-12-10-13(23-2)6-7-14(12)17/h3,6-7,10,22H,1,4-5,8-9,11H2,2H3,(H,18,20)(H,19,21). The van der Waals surface area contributed by atoms with Crippen molar-refractivity contribution in [3.05, 3.63) is 42.0 Å². The van der Waals surface area contributed by atoms with Gasteiger partial charge in [-0.15, -0.1) is 6.58 Å². The number of hydrogen-bond acceptors (Lipinski definition) is 4. The summed E-state index contributed by atoms with van der Waals surface area (Å²) in [5.41, 5.74) is 0.605. The molecule has 0 saturated carbocycles. The third-order valence-corrected chi connectivity index (χ3v) is 4.00. The second kappa shape index (κ2) is 7.28. The molecule has 0 aromatic heterocycles. The molecule has 2 amide bonds. The van der Waals surface area contributed by atoms with Crippen molar-refractivity contribution < 1.29 is 19.4 Å². The average Bonchev–Trinajstić information content (AvgIpc) is 2.57. The van der Waals surface area contributed by atoms with E-state index in [0.717, 1.165) is 29.7 Å². The van der Waals surface area contributed by atoms with E-state index in [4.69, 9.17) is 4.74 Å². The van der Waals surface area contributed by atoms with Gasteiger partial charge in [-0.3, -0.25) is 9.59 Å². The Hall–Kier alpha value is -2.34. The Morgan fingerprint density at radius 2 is 2.13 bits per heavy atom. The number of aliphatic hydroxyl groups is 1. The van der Waals surface area contributed by atoms with Crippen LogP contribution in [0.4, 0.5) is 0 Å². The molecule has 1 atom stereocenters. The monoisotopic (exact) mass is 318 g/mol. The molecule has 0 heterocycles. The number of methoxy groups -OCH3 is 1. The first-order valence-electron chi connectivity index (χ1n) is 7.57. The van der Waals surface area contributed by atoms with E-state index in [1.807, 2.05) is 12.1 Å². The molecular formula is C17H22N2O4. The van der Waals surface area contributed by atoms with Gasteiger partial charge in [-0.1, -0.05) is 12.1 Å².